The van der Waals surface area contributed by atoms with Crippen molar-refractivity contribution in [3.8, 4) is 0 Å². The van der Waals surface area contributed by atoms with E-state index in [2.05, 4.69) is 24.3 Å². The van der Waals surface area contributed by atoms with Crippen LogP contribution in [-0.2, 0) is 10.5 Å². The summed E-state index contributed by atoms with van der Waals surface area (Å²) >= 11 is 1.57. The minimum Gasteiger partial charge on any atom is -0.338 e. The number of carbonyl (C=O) groups is 1. The number of benzene rings is 2. The zero-order valence-corrected chi connectivity index (χ0v) is 15.5. The van der Waals surface area contributed by atoms with Gasteiger partial charge in [0, 0.05) is 24.9 Å². The molecule has 0 heterocycles. The first-order chi connectivity index (χ1) is 11.9. The van der Waals surface area contributed by atoms with Gasteiger partial charge in [-0.25, -0.2) is 0 Å². The zero-order valence-electron chi connectivity index (χ0n) is 14.6. The maximum atomic E-state index is 12.4. The highest BCUT2D eigenvalue weighted by molar-refractivity contribution is 7.99. The van der Waals surface area contributed by atoms with Crippen molar-refractivity contribution in [2.24, 2.45) is 0 Å². The van der Waals surface area contributed by atoms with Gasteiger partial charge >= 0.3 is 0 Å². The van der Waals surface area contributed by atoms with E-state index in [1.165, 1.54) is 23.3 Å². The van der Waals surface area contributed by atoms with Gasteiger partial charge in [-0.1, -0.05) is 42.0 Å². The Hall–Kier alpha value is -2.34. The number of nitro benzene ring substituents is 1. The second-order valence-electron chi connectivity index (χ2n) is 6.01. The highest BCUT2D eigenvalue weighted by Crippen LogP contribution is 2.24. The third-order valence-corrected chi connectivity index (χ3v) is 5.14. The van der Waals surface area contributed by atoms with Gasteiger partial charge in [0.1, 0.15) is 0 Å². The third-order valence-electron chi connectivity index (χ3n) is 4.15. The van der Waals surface area contributed by atoms with Crippen LogP contribution in [0.4, 0.5) is 5.69 Å². The molecule has 2 rings (SSSR count). The van der Waals surface area contributed by atoms with Gasteiger partial charge in [-0.15, -0.1) is 11.8 Å². The maximum absolute atomic E-state index is 12.4. The third kappa shape index (κ3) is 5.32. The van der Waals surface area contributed by atoms with Crippen LogP contribution in [0.5, 0.6) is 0 Å². The van der Waals surface area contributed by atoms with Gasteiger partial charge in [0.25, 0.3) is 5.69 Å². The number of rotatable bonds is 7. The molecule has 5 nitrogen and oxygen atoms in total. The molecule has 6 heteroatoms. The summed E-state index contributed by atoms with van der Waals surface area (Å²) in [7, 11) is 1.73. The molecule has 25 heavy (non-hydrogen) atoms. The molecule has 0 radical (unpaired) electrons. The number of hydrogen-bond acceptors (Lipinski definition) is 4. The Balaban J connectivity index is 1.91. The number of aryl methyl sites for hydroxylation is 1. The Bertz CT molecular complexity index is 747. The van der Waals surface area contributed by atoms with Crippen LogP contribution in [0.3, 0.4) is 0 Å². The van der Waals surface area contributed by atoms with Gasteiger partial charge in [-0.3, -0.25) is 14.9 Å². The largest absolute Gasteiger partial charge is 0.338 e. The Kier molecular flexibility index (Phi) is 6.58. The number of carbonyl (C=O) groups excluding carboxylic acids is 1. The Labute approximate surface area is 152 Å². The standard InChI is InChI=1S/C19H22N2O3S/c1-14-7-9-16(10-8-14)12-25-13-19(22)20(3)15(2)17-5-4-6-18(11-17)21(23)24/h4-11,15H,12-13H2,1-3H3/t15-/m0/s1. The summed E-state index contributed by atoms with van der Waals surface area (Å²) in [5.41, 5.74) is 3.21. The molecule has 0 aromatic heterocycles. The first-order valence-corrected chi connectivity index (χ1v) is 9.17. The van der Waals surface area contributed by atoms with Gasteiger partial charge < -0.3 is 4.90 Å². The fraction of sp³-hybridized carbons (Fsp3) is 0.316. The van der Waals surface area contributed by atoms with Gasteiger partial charge in [0.2, 0.25) is 5.91 Å². The molecular formula is C19H22N2O3S. The lowest BCUT2D eigenvalue weighted by Gasteiger charge is -2.25. The van der Waals surface area contributed by atoms with Crippen LogP contribution in [-0.4, -0.2) is 28.5 Å². The van der Waals surface area contributed by atoms with Crippen molar-refractivity contribution in [2.75, 3.05) is 12.8 Å². The Morgan fingerprint density at radius 2 is 1.92 bits per heavy atom. The van der Waals surface area contributed by atoms with Crippen molar-refractivity contribution in [1.82, 2.24) is 4.90 Å². The monoisotopic (exact) mass is 358 g/mol. The first kappa shape index (κ1) is 19.0. The van der Waals surface area contributed by atoms with Gasteiger partial charge in [0.15, 0.2) is 0 Å². The van der Waals surface area contributed by atoms with Crippen molar-refractivity contribution < 1.29 is 9.72 Å². The fourth-order valence-electron chi connectivity index (χ4n) is 2.38. The van der Waals surface area contributed by atoms with Crippen molar-refractivity contribution in [3.05, 3.63) is 75.3 Å². The Morgan fingerprint density at radius 1 is 1.24 bits per heavy atom. The van der Waals surface area contributed by atoms with Crippen LogP contribution in [0.2, 0.25) is 0 Å². The summed E-state index contributed by atoms with van der Waals surface area (Å²) in [6.45, 7) is 3.92. The molecule has 0 aliphatic carbocycles. The van der Waals surface area contributed by atoms with Gasteiger partial charge in [0.05, 0.1) is 16.7 Å². The summed E-state index contributed by atoms with van der Waals surface area (Å²) < 4.78 is 0. The smallest absolute Gasteiger partial charge is 0.269 e. The molecule has 1 atom stereocenters. The number of nitro groups is 1. The molecule has 0 saturated carbocycles. The summed E-state index contributed by atoms with van der Waals surface area (Å²) in [6.07, 6.45) is 0. The lowest BCUT2D eigenvalue weighted by Crippen LogP contribution is -2.31. The molecule has 0 N–H and O–H groups in total. The molecule has 0 fully saturated rings. The van der Waals surface area contributed by atoms with Crippen LogP contribution in [0, 0.1) is 17.0 Å². The number of thioether (sulfide) groups is 1. The average molecular weight is 358 g/mol. The average Bonchev–Trinajstić information content (AvgIpc) is 2.62. The fourth-order valence-corrected chi connectivity index (χ4v) is 3.29. The van der Waals surface area contributed by atoms with Gasteiger partial charge in [-0.2, -0.15) is 0 Å². The van der Waals surface area contributed by atoms with E-state index < -0.39 is 4.92 Å². The predicted molar refractivity (Wildman–Crippen MR) is 102 cm³/mol. The van der Waals surface area contributed by atoms with E-state index in [-0.39, 0.29) is 17.6 Å². The van der Waals surface area contributed by atoms with Crippen molar-refractivity contribution >= 4 is 23.4 Å². The van der Waals surface area contributed by atoms with E-state index in [0.29, 0.717) is 5.75 Å². The molecule has 0 spiro atoms. The van der Waals surface area contributed by atoms with E-state index in [4.69, 9.17) is 0 Å². The van der Waals surface area contributed by atoms with Crippen molar-refractivity contribution in [3.63, 3.8) is 0 Å². The van der Waals surface area contributed by atoms with Gasteiger partial charge in [-0.05, 0) is 25.0 Å². The number of amides is 1. The second kappa shape index (κ2) is 8.67. The molecule has 0 aliphatic rings. The Morgan fingerprint density at radius 3 is 2.56 bits per heavy atom. The molecule has 0 unspecified atom stereocenters. The predicted octanol–water partition coefficient (Wildman–Crippen LogP) is 4.36. The van der Waals surface area contributed by atoms with Crippen LogP contribution in [0.15, 0.2) is 48.5 Å². The van der Waals surface area contributed by atoms with E-state index >= 15 is 0 Å². The lowest BCUT2D eigenvalue weighted by molar-refractivity contribution is -0.384. The minimum absolute atomic E-state index is 0.0103. The van der Waals surface area contributed by atoms with Crippen molar-refractivity contribution in [1.29, 1.82) is 0 Å². The second-order valence-corrected chi connectivity index (χ2v) is 7.00. The molecule has 2 aromatic carbocycles. The van der Waals surface area contributed by atoms with E-state index in [1.54, 1.807) is 35.8 Å². The van der Waals surface area contributed by atoms with Crippen molar-refractivity contribution in [2.45, 2.75) is 25.6 Å². The number of hydrogen-bond donors (Lipinski definition) is 0. The summed E-state index contributed by atoms with van der Waals surface area (Å²) in [6, 6.07) is 14.5. The van der Waals surface area contributed by atoms with E-state index in [0.717, 1.165) is 11.3 Å². The molecule has 0 saturated heterocycles. The van der Waals surface area contributed by atoms with E-state index in [1.807, 2.05) is 13.8 Å². The highest BCUT2D eigenvalue weighted by Gasteiger charge is 2.19. The minimum atomic E-state index is -0.421. The first-order valence-electron chi connectivity index (χ1n) is 8.02. The summed E-state index contributed by atoms with van der Waals surface area (Å²) in [5, 5.41) is 10.9. The quantitative estimate of drug-likeness (QED) is 0.545. The summed E-state index contributed by atoms with van der Waals surface area (Å²) in [5.74, 6) is 1.17. The molecular weight excluding hydrogens is 336 g/mol. The number of nitrogens with zero attached hydrogens (tertiary/aromatic N) is 2. The van der Waals surface area contributed by atoms with Crippen LogP contribution < -0.4 is 0 Å². The molecule has 0 aliphatic heterocycles. The van der Waals surface area contributed by atoms with Crippen LogP contribution in [0.25, 0.3) is 0 Å². The normalized spacial score (nSPS) is 11.8. The van der Waals surface area contributed by atoms with E-state index in [9.17, 15) is 14.9 Å². The molecule has 0 bridgehead atoms. The SMILES string of the molecule is Cc1ccc(CSCC(=O)N(C)[C@@H](C)c2cccc([N+](=O)[O-])c2)cc1. The molecule has 2 aromatic rings. The van der Waals surface area contributed by atoms with Crippen LogP contribution in [0.1, 0.15) is 29.7 Å². The lowest BCUT2D eigenvalue weighted by atomic mass is 10.1. The topological polar surface area (TPSA) is 63.5 Å². The number of non-ortho nitro benzene ring substituents is 1. The highest BCUT2D eigenvalue weighted by atomic mass is 32.2. The zero-order chi connectivity index (χ0) is 18.4. The van der Waals surface area contributed by atoms with Crippen LogP contribution >= 0.6 is 11.8 Å². The molecule has 132 valence electrons. The maximum Gasteiger partial charge on any atom is 0.269 e. The molecule has 1 amide bonds. The summed E-state index contributed by atoms with van der Waals surface area (Å²) in [4.78, 5) is 24.5.